The van der Waals surface area contributed by atoms with Gasteiger partial charge in [-0.15, -0.1) is 0 Å². The Morgan fingerprint density at radius 1 is 0.900 bits per heavy atom. The van der Waals surface area contributed by atoms with Gasteiger partial charge in [-0.25, -0.2) is 0 Å². The van der Waals surface area contributed by atoms with Crippen LogP contribution in [-0.2, 0) is 14.4 Å². The number of carbonyl (C=O) groups is 3. The first kappa shape index (κ1) is 13.4. The van der Waals surface area contributed by atoms with Gasteiger partial charge in [0.05, 0.1) is 0 Å². The Kier molecular flexibility index (Phi) is 3.63. The smallest absolute Gasteiger partial charge is 0.327 e. The SMILES string of the molecule is O=C(C[C@@H]1C[C@@H]2CC[C@H]1C2)NNC(=O)C(=O)NC1CC1. The summed E-state index contributed by atoms with van der Waals surface area (Å²) in [5, 5.41) is 2.57. The Bertz CT molecular complexity index is 433. The van der Waals surface area contributed by atoms with E-state index in [0.29, 0.717) is 18.3 Å². The van der Waals surface area contributed by atoms with Gasteiger partial charge in [-0.05, 0) is 49.9 Å². The average molecular weight is 279 g/mol. The summed E-state index contributed by atoms with van der Waals surface area (Å²) in [5.74, 6) is 0.267. The Balaban J connectivity index is 1.36. The maximum atomic E-state index is 11.8. The number of nitrogens with one attached hydrogen (secondary N) is 3. The molecule has 6 heteroatoms. The lowest BCUT2D eigenvalue weighted by Gasteiger charge is -2.20. The second-order valence-corrected chi connectivity index (χ2v) is 6.39. The fourth-order valence-corrected chi connectivity index (χ4v) is 3.58. The molecule has 20 heavy (non-hydrogen) atoms. The number of amides is 3. The highest BCUT2D eigenvalue weighted by Gasteiger charge is 2.40. The molecule has 0 aromatic heterocycles. The lowest BCUT2D eigenvalue weighted by molar-refractivity contribution is -0.141. The largest absolute Gasteiger partial charge is 0.345 e. The molecule has 3 saturated carbocycles. The van der Waals surface area contributed by atoms with E-state index in [0.717, 1.165) is 25.2 Å². The minimum absolute atomic E-state index is 0.137. The number of carbonyl (C=O) groups excluding carboxylic acids is 3. The van der Waals surface area contributed by atoms with Gasteiger partial charge in [-0.2, -0.15) is 0 Å². The number of hydrogen-bond donors (Lipinski definition) is 3. The molecule has 3 amide bonds. The van der Waals surface area contributed by atoms with Crippen molar-refractivity contribution in [3.63, 3.8) is 0 Å². The molecular formula is C14H21N3O3. The Hall–Kier alpha value is -1.59. The first-order chi connectivity index (χ1) is 9.61. The van der Waals surface area contributed by atoms with Crippen LogP contribution in [0.5, 0.6) is 0 Å². The summed E-state index contributed by atoms with van der Waals surface area (Å²) in [4.78, 5) is 34.6. The summed E-state index contributed by atoms with van der Waals surface area (Å²) in [6.07, 6.45) is 7.23. The average Bonchev–Trinajstić information content (AvgIpc) is 2.99. The van der Waals surface area contributed by atoms with Gasteiger partial charge in [0.15, 0.2) is 0 Å². The van der Waals surface area contributed by atoms with E-state index in [1.165, 1.54) is 19.3 Å². The summed E-state index contributed by atoms with van der Waals surface area (Å²) in [7, 11) is 0. The lowest BCUT2D eigenvalue weighted by Crippen LogP contribution is -2.49. The van der Waals surface area contributed by atoms with Gasteiger partial charge < -0.3 is 5.32 Å². The highest BCUT2D eigenvalue weighted by atomic mass is 16.2. The number of fused-ring (bicyclic) bond motifs is 2. The Labute approximate surface area is 118 Å². The van der Waals surface area contributed by atoms with E-state index in [-0.39, 0.29) is 11.9 Å². The molecule has 6 nitrogen and oxygen atoms in total. The van der Waals surface area contributed by atoms with Gasteiger partial charge in [-0.1, -0.05) is 6.42 Å². The van der Waals surface area contributed by atoms with Crippen molar-refractivity contribution in [1.29, 1.82) is 0 Å². The zero-order valence-electron chi connectivity index (χ0n) is 11.5. The van der Waals surface area contributed by atoms with Crippen LogP contribution < -0.4 is 16.2 Å². The van der Waals surface area contributed by atoms with Gasteiger partial charge in [0.25, 0.3) is 0 Å². The van der Waals surface area contributed by atoms with Crippen molar-refractivity contribution in [1.82, 2.24) is 16.2 Å². The number of hydrazine groups is 1. The van der Waals surface area contributed by atoms with Crippen LogP contribution in [0.4, 0.5) is 0 Å². The second kappa shape index (κ2) is 5.42. The summed E-state index contributed by atoms with van der Waals surface area (Å²) >= 11 is 0. The second-order valence-electron chi connectivity index (χ2n) is 6.39. The molecule has 0 aromatic rings. The maximum Gasteiger partial charge on any atom is 0.327 e. The molecule has 0 heterocycles. The van der Waals surface area contributed by atoms with Gasteiger partial charge in [0.2, 0.25) is 5.91 Å². The molecule has 0 aliphatic heterocycles. The number of hydrogen-bond acceptors (Lipinski definition) is 3. The van der Waals surface area contributed by atoms with Crippen LogP contribution in [0.25, 0.3) is 0 Å². The van der Waals surface area contributed by atoms with E-state index in [1.54, 1.807) is 0 Å². The van der Waals surface area contributed by atoms with Crippen molar-refractivity contribution < 1.29 is 14.4 Å². The monoisotopic (exact) mass is 279 g/mol. The molecule has 0 unspecified atom stereocenters. The molecular weight excluding hydrogens is 258 g/mol. The molecule has 0 radical (unpaired) electrons. The molecule has 110 valence electrons. The maximum absolute atomic E-state index is 11.8. The van der Waals surface area contributed by atoms with Crippen molar-refractivity contribution in [2.75, 3.05) is 0 Å². The van der Waals surface area contributed by atoms with E-state index in [4.69, 9.17) is 0 Å². The van der Waals surface area contributed by atoms with E-state index in [1.807, 2.05) is 0 Å². The van der Waals surface area contributed by atoms with Crippen LogP contribution in [0, 0.1) is 17.8 Å². The molecule has 3 N–H and O–H groups in total. The van der Waals surface area contributed by atoms with Crippen LogP contribution in [0.15, 0.2) is 0 Å². The zero-order valence-corrected chi connectivity index (χ0v) is 11.5. The van der Waals surface area contributed by atoms with Crippen molar-refractivity contribution in [2.45, 2.75) is 51.0 Å². The van der Waals surface area contributed by atoms with Gasteiger partial charge in [0.1, 0.15) is 0 Å². The molecule has 3 rings (SSSR count). The molecule has 0 aromatic carbocycles. The van der Waals surface area contributed by atoms with Gasteiger partial charge in [-0.3, -0.25) is 25.2 Å². The Morgan fingerprint density at radius 3 is 2.30 bits per heavy atom. The van der Waals surface area contributed by atoms with Crippen LogP contribution in [0.2, 0.25) is 0 Å². The van der Waals surface area contributed by atoms with Crippen molar-refractivity contribution in [2.24, 2.45) is 17.8 Å². The normalized spacial score (nSPS) is 30.9. The molecule has 0 saturated heterocycles. The third-order valence-corrected chi connectivity index (χ3v) is 4.77. The minimum Gasteiger partial charge on any atom is -0.345 e. The summed E-state index contributed by atoms with van der Waals surface area (Å²) in [5.41, 5.74) is 4.53. The van der Waals surface area contributed by atoms with Crippen LogP contribution in [-0.4, -0.2) is 23.8 Å². The van der Waals surface area contributed by atoms with Crippen molar-refractivity contribution >= 4 is 17.7 Å². The highest BCUT2D eigenvalue weighted by Crippen LogP contribution is 2.49. The fraction of sp³-hybridized carbons (Fsp3) is 0.786. The van der Waals surface area contributed by atoms with Crippen molar-refractivity contribution in [3.8, 4) is 0 Å². The minimum atomic E-state index is -0.793. The topological polar surface area (TPSA) is 87.3 Å². The first-order valence-corrected chi connectivity index (χ1v) is 7.51. The molecule has 2 bridgehead atoms. The summed E-state index contributed by atoms with van der Waals surface area (Å²) < 4.78 is 0. The van der Waals surface area contributed by atoms with Crippen LogP contribution >= 0.6 is 0 Å². The van der Waals surface area contributed by atoms with Gasteiger partial charge in [0, 0.05) is 12.5 Å². The lowest BCUT2D eigenvalue weighted by atomic mass is 9.86. The number of rotatable bonds is 3. The molecule has 3 fully saturated rings. The third-order valence-electron chi connectivity index (χ3n) is 4.77. The third kappa shape index (κ3) is 3.11. The van der Waals surface area contributed by atoms with E-state index < -0.39 is 11.8 Å². The predicted octanol–water partition coefficient (Wildman–Crippen LogP) is 0.239. The molecule has 3 aliphatic carbocycles. The van der Waals surface area contributed by atoms with E-state index >= 15 is 0 Å². The zero-order chi connectivity index (χ0) is 14.1. The molecule has 0 spiro atoms. The van der Waals surface area contributed by atoms with Crippen LogP contribution in [0.1, 0.15) is 44.9 Å². The quantitative estimate of drug-likeness (QED) is 0.511. The van der Waals surface area contributed by atoms with E-state index in [2.05, 4.69) is 16.2 Å². The Morgan fingerprint density at radius 2 is 1.70 bits per heavy atom. The van der Waals surface area contributed by atoms with E-state index in [9.17, 15) is 14.4 Å². The summed E-state index contributed by atoms with van der Waals surface area (Å²) in [6.45, 7) is 0. The molecule has 3 aliphatic rings. The first-order valence-electron chi connectivity index (χ1n) is 7.51. The fourth-order valence-electron chi connectivity index (χ4n) is 3.58. The van der Waals surface area contributed by atoms with Gasteiger partial charge >= 0.3 is 11.8 Å². The van der Waals surface area contributed by atoms with Crippen LogP contribution in [0.3, 0.4) is 0 Å². The highest BCUT2D eigenvalue weighted by molar-refractivity contribution is 6.35. The standard InChI is InChI=1S/C14H21N3O3/c18-12(7-10-6-8-1-2-9(10)5-8)16-17-14(20)13(19)15-11-3-4-11/h8-11H,1-7H2,(H,15,19)(H,16,18)(H,17,20)/t8-,9+,10+/m1/s1. The molecule has 3 atom stereocenters. The van der Waals surface area contributed by atoms with Crippen molar-refractivity contribution in [3.05, 3.63) is 0 Å². The summed E-state index contributed by atoms with van der Waals surface area (Å²) in [6, 6.07) is 0.137. The predicted molar refractivity (Wildman–Crippen MR) is 71.0 cm³/mol.